The van der Waals surface area contributed by atoms with Gasteiger partial charge < -0.3 is 15.1 Å². The van der Waals surface area contributed by atoms with Crippen LogP contribution in [-0.2, 0) is 4.79 Å². The van der Waals surface area contributed by atoms with Crippen molar-refractivity contribution in [2.75, 3.05) is 59.1 Å². The van der Waals surface area contributed by atoms with E-state index in [1.165, 1.54) is 5.75 Å². The molecule has 0 aromatic heterocycles. The number of amides is 1. The molecule has 6 nitrogen and oxygen atoms in total. The number of carbonyl (C=O) groups is 1. The highest BCUT2D eigenvalue weighted by Gasteiger charge is 2.31. The Morgan fingerprint density at radius 2 is 2.11 bits per heavy atom. The van der Waals surface area contributed by atoms with Crippen LogP contribution in [0.2, 0.25) is 0 Å². The third kappa shape index (κ3) is 6.56. The molecule has 1 amide bonds. The molecule has 7 heteroatoms. The summed E-state index contributed by atoms with van der Waals surface area (Å²) in [5, 5.41) is 4.16. The second kappa shape index (κ2) is 11.1. The van der Waals surface area contributed by atoms with Crippen LogP contribution in [0.15, 0.2) is 4.99 Å². The van der Waals surface area contributed by atoms with Crippen LogP contribution < -0.4 is 5.32 Å². The number of rotatable bonds is 7. The fourth-order valence-electron chi connectivity index (χ4n) is 3.83. The minimum Gasteiger partial charge on any atom is -0.357 e. The minimum atomic E-state index is 0.0723. The van der Waals surface area contributed by atoms with Crippen molar-refractivity contribution < 1.29 is 4.79 Å². The summed E-state index contributed by atoms with van der Waals surface area (Å²) in [4.78, 5) is 23.7. The number of thioether (sulfide) groups is 1. The minimum absolute atomic E-state index is 0.0723. The van der Waals surface area contributed by atoms with Crippen LogP contribution in [-0.4, -0.2) is 97.0 Å². The molecule has 2 atom stereocenters. The molecule has 2 saturated heterocycles. The second-order valence-electron chi connectivity index (χ2n) is 8.12. The zero-order valence-corrected chi connectivity index (χ0v) is 18.7. The molecule has 2 aliphatic heterocycles. The van der Waals surface area contributed by atoms with Crippen LogP contribution in [0.25, 0.3) is 0 Å². The highest BCUT2D eigenvalue weighted by atomic mass is 32.2. The molecule has 2 rings (SSSR count). The summed E-state index contributed by atoms with van der Waals surface area (Å²) in [5.74, 6) is 3.18. The summed E-state index contributed by atoms with van der Waals surface area (Å²) in [6.07, 6.45) is 3.12. The molecule has 0 aromatic carbocycles. The van der Waals surface area contributed by atoms with Gasteiger partial charge in [0.1, 0.15) is 0 Å². The Morgan fingerprint density at radius 3 is 2.78 bits per heavy atom. The van der Waals surface area contributed by atoms with E-state index in [0.717, 1.165) is 64.5 Å². The van der Waals surface area contributed by atoms with Crippen molar-refractivity contribution in [3.63, 3.8) is 0 Å². The number of likely N-dealkylation sites (tertiary alicyclic amines) is 1. The van der Waals surface area contributed by atoms with Gasteiger partial charge >= 0.3 is 0 Å². The van der Waals surface area contributed by atoms with E-state index in [2.05, 4.69) is 47.6 Å². The summed E-state index contributed by atoms with van der Waals surface area (Å²) in [7, 11) is 3.71. The van der Waals surface area contributed by atoms with Crippen molar-refractivity contribution in [1.29, 1.82) is 0 Å². The molecule has 2 unspecified atom stereocenters. The SMILES string of the molecule is CCNC(=NCCCN1CCCC1C(=O)N(C)C)N1CCSC(C(C)C)C1. The standard InChI is InChI=1S/C20H39N5OS/c1-6-21-20(25-13-14-27-18(15-25)16(2)3)22-10-8-12-24-11-7-9-17(24)19(26)23(4)5/h16-18H,6-15H2,1-5H3,(H,21,22). The van der Waals surface area contributed by atoms with Gasteiger partial charge in [0, 0.05) is 57.8 Å². The first-order chi connectivity index (χ1) is 12.9. The van der Waals surface area contributed by atoms with Crippen molar-refractivity contribution in [1.82, 2.24) is 20.0 Å². The Morgan fingerprint density at radius 1 is 1.33 bits per heavy atom. The summed E-state index contributed by atoms with van der Waals surface area (Å²) < 4.78 is 0. The lowest BCUT2D eigenvalue weighted by molar-refractivity contribution is -0.133. The fourth-order valence-corrected chi connectivity index (χ4v) is 5.13. The molecule has 0 aromatic rings. The molecule has 1 N–H and O–H groups in total. The van der Waals surface area contributed by atoms with E-state index >= 15 is 0 Å². The van der Waals surface area contributed by atoms with Gasteiger partial charge in [0.15, 0.2) is 5.96 Å². The van der Waals surface area contributed by atoms with Gasteiger partial charge in [0.25, 0.3) is 0 Å². The van der Waals surface area contributed by atoms with Gasteiger partial charge in [-0.15, -0.1) is 0 Å². The zero-order chi connectivity index (χ0) is 19.8. The molecule has 0 spiro atoms. The van der Waals surface area contributed by atoms with Gasteiger partial charge in [-0.1, -0.05) is 13.8 Å². The highest BCUT2D eigenvalue weighted by Crippen LogP contribution is 2.25. The Hall–Kier alpha value is -0.950. The van der Waals surface area contributed by atoms with Crippen LogP contribution in [0.4, 0.5) is 0 Å². The monoisotopic (exact) mass is 397 g/mol. The van der Waals surface area contributed by atoms with Gasteiger partial charge in [0.2, 0.25) is 5.91 Å². The summed E-state index contributed by atoms with van der Waals surface area (Å²) in [6.45, 7) is 12.6. The first kappa shape index (κ1) is 22.3. The lowest BCUT2D eigenvalue weighted by Crippen LogP contribution is -2.49. The van der Waals surface area contributed by atoms with Crippen LogP contribution in [0, 0.1) is 5.92 Å². The Balaban J connectivity index is 1.85. The summed E-state index contributed by atoms with van der Waals surface area (Å²) in [6, 6.07) is 0.0723. The van der Waals surface area contributed by atoms with Crippen LogP contribution in [0.3, 0.4) is 0 Å². The van der Waals surface area contributed by atoms with Gasteiger partial charge in [0.05, 0.1) is 6.04 Å². The summed E-state index contributed by atoms with van der Waals surface area (Å²) >= 11 is 2.09. The van der Waals surface area contributed by atoms with E-state index in [1.54, 1.807) is 4.90 Å². The molecule has 2 fully saturated rings. The number of carbonyl (C=O) groups excluding carboxylic acids is 1. The average Bonchev–Trinajstić information content (AvgIpc) is 3.12. The van der Waals surface area contributed by atoms with Crippen molar-refractivity contribution >= 4 is 23.6 Å². The van der Waals surface area contributed by atoms with E-state index in [9.17, 15) is 4.79 Å². The molecule has 0 radical (unpaired) electrons. The van der Waals surface area contributed by atoms with E-state index < -0.39 is 0 Å². The van der Waals surface area contributed by atoms with Crippen LogP contribution >= 0.6 is 11.8 Å². The van der Waals surface area contributed by atoms with Crippen molar-refractivity contribution in [2.45, 2.75) is 51.3 Å². The zero-order valence-electron chi connectivity index (χ0n) is 17.9. The first-order valence-corrected chi connectivity index (χ1v) is 11.6. The van der Waals surface area contributed by atoms with Gasteiger partial charge in [-0.2, -0.15) is 11.8 Å². The summed E-state index contributed by atoms with van der Waals surface area (Å²) in [5.41, 5.74) is 0. The fraction of sp³-hybridized carbons (Fsp3) is 0.900. The molecule has 0 aliphatic carbocycles. The molecule has 0 bridgehead atoms. The highest BCUT2D eigenvalue weighted by molar-refractivity contribution is 8.00. The lowest BCUT2D eigenvalue weighted by atomic mass is 10.1. The smallest absolute Gasteiger partial charge is 0.239 e. The Kier molecular flexibility index (Phi) is 9.22. The van der Waals surface area contributed by atoms with E-state index in [0.29, 0.717) is 11.2 Å². The van der Waals surface area contributed by atoms with Crippen LogP contribution in [0.1, 0.15) is 40.0 Å². The van der Waals surface area contributed by atoms with E-state index in [1.807, 2.05) is 14.1 Å². The molecule has 2 heterocycles. The van der Waals surface area contributed by atoms with Crippen molar-refractivity contribution in [3.8, 4) is 0 Å². The molecule has 156 valence electrons. The maximum Gasteiger partial charge on any atom is 0.239 e. The number of likely N-dealkylation sites (N-methyl/N-ethyl adjacent to an activating group) is 1. The Labute approximate surface area is 170 Å². The van der Waals surface area contributed by atoms with E-state index in [-0.39, 0.29) is 11.9 Å². The second-order valence-corrected chi connectivity index (χ2v) is 9.46. The first-order valence-electron chi connectivity index (χ1n) is 10.5. The van der Waals surface area contributed by atoms with Crippen LogP contribution in [0.5, 0.6) is 0 Å². The van der Waals surface area contributed by atoms with Crippen molar-refractivity contribution in [3.05, 3.63) is 0 Å². The molecular formula is C20H39N5OS. The Bertz CT molecular complexity index is 497. The number of nitrogens with zero attached hydrogens (tertiary/aromatic N) is 4. The third-order valence-electron chi connectivity index (χ3n) is 5.43. The molecule has 0 saturated carbocycles. The quantitative estimate of drug-likeness (QED) is 0.404. The molecular weight excluding hydrogens is 358 g/mol. The number of nitrogens with one attached hydrogen (secondary N) is 1. The number of aliphatic imine (C=N–C) groups is 1. The topological polar surface area (TPSA) is 51.2 Å². The lowest BCUT2D eigenvalue weighted by Gasteiger charge is -2.36. The predicted octanol–water partition coefficient (Wildman–Crippen LogP) is 1.97. The molecule has 27 heavy (non-hydrogen) atoms. The largest absolute Gasteiger partial charge is 0.357 e. The maximum atomic E-state index is 12.3. The number of hydrogen-bond donors (Lipinski definition) is 1. The maximum absolute atomic E-state index is 12.3. The van der Waals surface area contributed by atoms with Crippen molar-refractivity contribution in [2.24, 2.45) is 10.9 Å². The average molecular weight is 398 g/mol. The van der Waals surface area contributed by atoms with Gasteiger partial charge in [-0.25, -0.2) is 0 Å². The van der Waals surface area contributed by atoms with Gasteiger partial charge in [-0.3, -0.25) is 14.7 Å². The normalized spacial score (nSPS) is 24.5. The number of hydrogen-bond acceptors (Lipinski definition) is 4. The third-order valence-corrected chi connectivity index (χ3v) is 6.97. The predicted molar refractivity (Wildman–Crippen MR) is 117 cm³/mol. The van der Waals surface area contributed by atoms with Gasteiger partial charge in [-0.05, 0) is 38.6 Å². The van der Waals surface area contributed by atoms with E-state index in [4.69, 9.17) is 4.99 Å². The molecule has 2 aliphatic rings. The number of guanidine groups is 1.